The van der Waals surface area contributed by atoms with Crippen molar-refractivity contribution >= 4 is 59.6 Å². The minimum Gasteiger partial charge on any atom is -0.496 e. The van der Waals surface area contributed by atoms with E-state index in [4.69, 9.17) is 57.7 Å². The fourth-order valence-corrected chi connectivity index (χ4v) is 17.0. The van der Waals surface area contributed by atoms with Gasteiger partial charge in [-0.3, -0.25) is 9.59 Å². The monoisotopic (exact) mass is 1400 g/mol. The van der Waals surface area contributed by atoms with Crippen LogP contribution in [0.25, 0.3) is 11.1 Å². The van der Waals surface area contributed by atoms with E-state index in [1.807, 2.05) is 28.4 Å². The maximum absolute atomic E-state index is 9.00. The van der Waals surface area contributed by atoms with Crippen molar-refractivity contribution < 1.29 is 77.2 Å². The van der Waals surface area contributed by atoms with Crippen molar-refractivity contribution in [3.8, 4) is 57.1 Å². The van der Waals surface area contributed by atoms with Crippen LogP contribution in [0.2, 0.25) is 0 Å². The summed E-state index contributed by atoms with van der Waals surface area (Å²) >= 11 is 0. The summed E-state index contributed by atoms with van der Waals surface area (Å²) in [7, 11) is 4.29. The van der Waals surface area contributed by atoms with Crippen molar-refractivity contribution in [3.63, 3.8) is 0 Å². The Morgan fingerprint density at radius 2 is 0.516 bits per heavy atom. The zero-order valence-corrected chi connectivity index (χ0v) is 65.1. The Balaban J connectivity index is 0.00000165. The van der Waals surface area contributed by atoms with Crippen LogP contribution in [0.1, 0.15) is 225 Å². The van der Waals surface area contributed by atoms with Gasteiger partial charge in [-0.1, -0.05) is 166 Å². The summed E-state index contributed by atoms with van der Waals surface area (Å²) in [6.45, 7) is 57.4. The predicted octanol–water partition coefficient (Wildman–Crippen LogP) is 16.9. The molecule has 0 unspecified atom stereocenters. The molecule has 0 spiro atoms. The number of methoxy groups -OCH3 is 4. The summed E-state index contributed by atoms with van der Waals surface area (Å²) in [5.41, 5.74) is 8.79. The van der Waals surface area contributed by atoms with Crippen LogP contribution in [0.15, 0.2) is 72.8 Å². The molecule has 8 rings (SSSR count). The molecule has 2 aliphatic rings. The van der Waals surface area contributed by atoms with E-state index in [1.54, 1.807) is 0 Å². The fraction of sp³-hybridized carbons (Fsp3) is 0.513. The van der Waals surface area contributed by atoms with Gasteiger partial charge in [0, 0.05) is 69.5 Å². The first kappa shape index (κ1) is 77.8. The Morgan fingerprint density at radius 3 is 0.667 bits per heavy atom. The summed E-state index contributed by atoms with van der Waals surface area (Å²) < 4.78 is 53.1. The Labute approximate surface area is 573 Å². The Kier molecular flexibility index (Phi) is 23.8. The van der Waals surface area contributed by atoms with E-state index in [9.17, 15) is 0 Å². The van der Waals surface area contributed by atoms with E-state index in [2.05, 4.69) is 239 Å². The maximum atomic E-state index is 9.00. The van der Waals surface area contributed by atoms with Crippen LogP contribution in [0.4, 0.5) is 0 Å². The molecule has 6 aromatic carbocycles. The first-order valence-electron chi connectivity index (χ1n) is 31.8. The van der Waals surface area contributed by atoms with Crippen molar-refractivity contribution in [2.75, 3.05) is 42.0 Å². The molecular formula is C78H108O12P2Ru+2. The van der Waals surface area contributed by atoms with E-state index in [0.717, 1.165) is 103 Å². The molecule has 15 heteroatoms. The van der Waals surface area contributed by atoms with E-state index in [1.165, 1.54) is 21.2 Å². The molecule has 12 nitrogen and oxygen atoms in total. The van der Waals surface area contributed by atoms with Gasteiger partial charge < -0.3 is 48.1 Å². The molecule has 0 bridgehead atoms. The minimum atomic E-state index is -1.50. The van der Waals surface area contributed by atoms with Gasteiger partial charge in [0.05, 0.1) is 28.4 Å². The number of hydrogen-bond acceptors (Lipinski definition) is 10. The van der Waals surface area contributed by atoms with E-state index in [0.29, 0.717) is 23.0 Å². The maximum Gasteiger partial charge on any atom is 2.00 e. The predicted molar refractivity (Wildman–Crippen MR) is 384 cm³/mol. The number of hydrogen-bond donors (Lipinski definition) is 2. The number of rotatable bonds is 11. The molecular weight excluding hydrogens is 1290 g/mol. The normalized spacial score (nSPS) is 13.4. The number of carboxylic acids is 2. The van der Waals surface area contributed by atoms with Crippen LogP contribution in [0, 0.1) is 0 Å². The van der Waals surface area contributed by atoms with Crippen molar-refractivity contribution in [1.29, 1.82) is 0 Å². The molecule has 508 valence electrons. The van der Waals surface area contributed by atoms with Crippen LogP contribution in [0.3, 0.4) is 0 Å². The molecule has 0 aromatic heterocycles. The number of fused-ring (bicyclic) bond motifs is 2. The van der Waals surface area contributed by atoms with Gasteiger partial charge >= 0.3 is 19.5 Å². The Morgan fingerprint density at radius 1 is 0.344 bits per heavy atom. The van der Waals surface area contributed by atoms with Gasteiger partial charge in [-0.25, -0.2) is 0 Å². The van der Waals surface area contributed by atoms with Crippen molar-refractivity contribution in [3.05, 3.63) is 117 Å². The van der Waals surface area contributed by atoms with Gasteiger partial charge in [0.2, 0.25) is 13.6 Å². The number of carboxylic acid groups (broad SMARTS) is 2. The van der Waals surface area contributed by atoms with E-state index >= 15 is 0 Å². The fourth-order valence-electron chi connectivity index (χ4n) is 11.9. The third-order valence-corrected chi connectivity index (χ3v) is 21.2. The summed E-state index contributed by atoms with van der Waals surface area (Å²) in [6, 6.07) is 28.4. The topological polar surface area (TPSA) is 148 Å². The molecule has 0 amide bonds. The Hall–Kier alpha value is -5.86. The summed E-state index contributed by atoms with van der Waals surface area (Å²) in [5.74, 6) is 4.75. The molecule has 6 aromatic rings. The molecule has 2 aliphatic heterocycles. The first-order valence-corrected chi connectivity index (χ1v) is 34.5. The van der Waals surface area contributed by atoms with Crippen LogP contribution in [-0.2, 0) is 72.4 Å². The standard InChI is InChI=1S/C74H100O8P2.2C2H4O2.Ru/c1-67(2,3)47-33-43(34-48(61(47)75-25)68(4,5)6)83(44-35-49(69(7,8)9)62(76-26)50(36-44)70(10,11)12)57-31-29-55-65(81-41-79-55)59(57)60-58(32-30-56-66(60)82-42-80-56)84(45-37-51(71(13,14)15)63(77-27)52(38-45)72(16,17)18)46-39-53(73(19,20)21)64(78-28)54(40-46)74(22,23)24;2*1-2(3)4;/h29-40H,41-42H2,1-28H3;2*1H3,(H,3,4);/q;;;+2. The summed E-state index contributed by atoms with van der Waals surface area (Å²) in [5, 5.41) is 21.8. The molecule has 0 radical (unpaired) electrons. The number of benzene rings is 6. The Bertz CT molecular complexity index is 3150. The van der Waals surface area contributed by atoms with E-state index < -0.39 is 27.8 Å². The number of carbonyl (C=O) groups is 2. The molecule has 93 heavy (non-hydrogen) atoms. The third kappa shape index (κ3) is 17.2. The molecule has 2 N–H and O–H groups in total. The molecule has 0 saturated heterocycles. The van der Waals surface area contributed by atoms with Crippen molar-refractivity contribution in [2.24, 2.45) is 0 Å². The largest absolute Gasteiger partial charge is 2.00 e. The van der Waals surface area contributed by atoms with Gasteiger partial charge in [0.15, 0.2) is 23.0 Å². The van der Waals surface area contributed by atoms with Gasteiger partial charge in [0.1, 0.15) is 23.0 Å². The molecule has 2 heterocycles. The first-order chi connectivity index (χ1) is 42.0. The second-order valence-corrected chi connectivity index (χ2v) is 36.8. The quantitative estimate of drug-likeness (QED) is 0.0939. The third-order valence-electron chi connectivity index (χ3n) is 16.4. The number of aliphatic carboxylic acids is 2. The van der Waals surface area contributed by atoms with Gasteiger partial charge in [-0.15, -0.1) is 0 Å². The van der Waals surface area contributed by atoms with Gasteiger partial charge in [0.25, 0.3) is 11.9 Å². The molecule has 0 atom stereocenters. The second-order valence-electron chi connectivity index (χ2n) is 32.4. The summed E-state index contributed by atoms with van der Waals surface area (Å²) in [4.78, 5) is 18.0. The SMILES string of the molecule is CC(=O)O.CC(=O)O.COc1c(C(C)(C)C)cc(P(c2cc(C(C)(C)C)c(OC)c(C(C)(C)C)c2)c2ccc3c(c2-c2c(P(c4cc(C(C)(C)C)c(OC)c(C(C)(C)C)c4)c4cc(C(C)(C)C)c(OC)c(C(C)(C)C)c4)ccc4c2OCO4)OCO3)cc1C(C)(C)C.[Ru+2]. The summed E-state index contributed by atoms with van der Waals surface area (Å²) in [6.07, 6.45) is 0. The van der Waals surface area contributed by atoms with Crippen LogP contribution in [-0.4, -0.2) is 64.2 Å². The number of ether oxygens (including phenoxy) is 8. The molecule has 0 fully saturated rings. The molecule has 0 saturated carbocycles. The van der Waals surface area contributed by atoms with Gasteiger partial charge in [-0.2, -0.15) is 0 Å². The van der Waals surface area contributed by atoms with Gasteiger partial charge in [-0.05, 0) is 164 Å². The minimum absolute atomic E-state index is 0. The van der Waals surface area contributed by atoms with Crippen LogP contribution >= 0.6 is 15.8 Å². The zero-order chi connectivity index (χ0) is 69.7. The van der Waals surface area contributed by atoms with Crippen LogP contribution < -0.4 is 69.7 Å². The van der Waals surface area contributed by atoms with Crippen molar-refractivity contribution in [2.45, 2.75) is 223 Å². The van der Waals surface area contributed by atoms with E-state index in [-0.39, 0.29) is 76.4 Å². The average molecular weight is 1400 g/mol. The van der Waals surface area contributed by atoms with Crippen molar-refractivity contribution in [1.82, 2.24) is 0 Å². The molecule has 0 aliphatic carbocycles. The van der Waals surface area contributed by atoms with Crippen LogP contribution in [0.5, 0.6) is 46.0 Å². The smallest absolute Gasteiger partial charge is 0.496 e. The average Bonchev–Trinajstić information content (AvgIpc) is 1.67. The second kappa shape index (κ2) is 28.5. The zero-order valence-electron chi connectivity index (χ0n) is 61.6.